The first-order valence-corrected chi connectivity index (χ1v) is 9.57. The van der Waals surface area contributed by atoms with Gasteiger partial charge in [-0.2, -0.15) is 0 Å². The molecule has 6 nitrogen and oxygen atoms in total. The van der Waals surface area contributed by atoms with Crippen molar-refractivity contribution in [1.29, 1.82) is 0 Å². The summed E-state index contributed by atoms with van der Waals surface area (Å²) in [6.45, 7) is 7.96. The van der Waals surface area contributed by atoms with E-state index < -0.39 is 0 Å². The van der Waals surface area contributed by atoms with E-state index in [4.69, 9.17) is 20.2 Å². The molecule has 0 aliphatic rings. The van der Waals surface area contributed by atoms with Crippen molar-refractivity contribution in [1.82, 2.24) is 14.3 Å². The van der Waals surface area contributed by atoms with E-state index in [0.717, 1.165) is 47.9 Å². The lowest BCUT2D eigenvalue weighted by atomic mass is 10.0. The average Bonchev–Trinajstić information content (AvgIpc) is 3.01. The van der Waals surface area contributed by atoms with Gasteiger partial charge in [0.05, 0.1) is 24.6 Å². The van der Waals surface area contributed by atoms with Gasteiger partial charge in [-0.15, -0.1) is 0 Å². The van der Waals surface area contributed by atoms with Crippen molar-refractivity contribution >= 4 is 11.3 Å². The Morgan fingerprint density at radius 1 is 1.04 bits per heavy atom. The van der Waals surface area contributed by atoms with Gasteiger partial charge >= 0.3 is 0 Å². The number of nitrogens with two attached hydrogens (primary N) is 1. The second-order valence-corrected chi connectivity index (χ2v) is 7.18. The second-order valence-electron chi connectivity index (χ2n) is 7.18. The summed E-state index contributed by atoms with van der Waals surface area (Å²) in [4.78, 5) is 7.27. The molecule has 0 aliphatic carbocycles. The number of hydrogen-bond donors (Lipinski definition) is 1. The summed E-state index contributed by atoms with van der Waals surface area (Å²) in [5.41, 5.74) is 13.5. The number of aromatic nitrogens is 2. The summed E-state index contributed by atoms with van der Waals surface area (Å²) in [5.74, 6) is 0. The van der Waals surface area contributed by atoms with E-state index in [9.17, 15) is 0 Å². The van der Waals surface area contributed by atoms with Crippen LogP contribution in [0.5, 0.6) is 0 Å². The maximum Gasteiger partial charge on any atom is 0.137 e. The minimum absolute atomic E-state index is 0.668. The zero-order valence-corrected chi connectivity index (χ0v) is 17.2. The molecule has 0 aliphatic heterocycles. The largest absolute Gasteiger partial charge is 0.398 e. The third kappa shape index (κ3) is 4.52. The number of benzene rings is 1. The number of anilines is 1. The molecule has 6 heteroatoms. The molecule has 0 fully saturated rings. The molecule has 0 saturated carbocycles. The molecule has 28 heavy (non-hydrogen) atoms. The van der Waals surface area contributed by atoms with Crippen LogP contribution in [0.4, 0.5) is 5.69 Å². The Labute approximate surface area is 166 Å². The molecule has 150 valence electrons. The van der Waals surface area contributed by atoms with Crippen molar-refractivity contribution in [2.75, 3.05) is 46.3 Å². The number of rotatable bonds is 9. The van der Waals surface area contributed by atoms with Crippen molar-refractivity contribution in [3.63, 3.8) is 0 Å². The number of pyridine rings is 1. The highest BCUT2D eigenvalue weighted by atomic mass is 16.5. The van der Waals surface area contributed by atoms with E-state index in [-0.39, 0.29) is 0 Å². The SMILES string of the molecule is COCCN(CCOC)Cc1c(-c2ccc(C)cc2C)nc2ccc(N)cn12. The van der Waals surface area contributed by atoms with Crippen LogP contribution in [0.2, 0.25) is 0 Å². The Morgan fingerprint density at radius 3 is 2.39 bits per heavy atom. The van der Waals surface area contributed by atoms with Crippen LogP contribution in [0.3, 0.4) is 0 Å². The average molecular weight is 383 g/mol. The van der Waals surface area contributed by atoms with Crippen molar-refractivity contribution in [3.8, 4) is 11.3 Å². The third-order valence-corrected chi connectivity index (χ3v) is 4.97. The van der Waals surface area contributed by atoms with E-state index in [2.05, 4.69) is 41.3 Å². The molecule has 3 aromatic rings. The molecule has 0 amide bonds. The molecule has 2 N–H and O–H groups in total. The fourth-order valence-corrected chi connectivity index (χ4v) is 3.48. The molecular formula is C22H30N4O2. The number of fused-ring (bicyclic) bond motifs is 1. The number of aryl methyl sites for hydroxylation is 2. The van der Waals surface area contributed by atoms with Gasteiger partial charge in [-0.3, -0.25) is 4.90 Å². The normalized spacial score (nSPS) is 11.6. The van der Waals surface area contributed by atoms with Gasteiger partial charge in [-0.25, -0.2) is 4.98 Å². The van der Waals surface area contributed by atoms with Crippen LogP contribution in [0, 0.1) is 13.8 Å². The molecule has 0 bridgehead atoms. The van der Waals surface area contributed by atoms with Crippen LogP contribution >= 0.6 is 0 Å². The molecular weight excluding hydrogens is 352 g/mol. The lowest BCUT2D eigenvalue weighted by molar-refractivity contribution is 0.109. The van der Waals surface area contributed by atoms with Gasteiger partial charge in [0.25, 0.3) is 0 Å². The zero-order valence-electron chi connectivity index (χ0n) is 17.2. The van der Waals surface area contributed by atoms with Gasteiger partial charge in [0.1, 0.15) is 5.65 Å². The second kappa shape index (κ2) is 9.19. The fourth-order valence-electron chi connectivity index (χ4n) is 3.48. The first kappa shape index (κ1) is 20.3. The molecule has 2 heterocycles. The van der Waals surface area contributed by atoms with E-state index in [1.807, 2.05) is 18.3 Å². The highest BCUT2D eigenvalue weighted by Crippen LogP contribution is 2.29. The fraction of sp³-hybridized carbons (Fsp3) is 0.409. The first-order chi connectivity index (χ1) is 13.5. The number of imidazole rings is 1. The van der Waals surface area contributed by atoms with Crippen LogP contribution in [0.15, 0.2) is 36.5 Å². The van der Waals surface area contributed by atoms with Crippen LogP contribution in [-0.4, -0.2) is 54.8 Å². The first-order valence-electron chi connectivity index (χ1n) is 9.57. The Hall–Kier alpha value is -2.41. The summed E-state index contributed by atoms with van der Waals surface area (Å²) in [6.07, 6.45) is 1.95. The van der Waals surface area contributed by atoms with E-state index in [0.29, 0.717) is 13.2 Å². The van der Waals surface area contributed by atoms with E-state index in [1.165, 1.54) is 11.1 Å². The van der Waals surface area contributed by atoms with Crippen molar-refractivity contribution in [2.45, 2.75) is 20.4 Å². The summed E-state index contributed by atoms with van der Waals surface area (Å²) >= 11 is 0. The lowest BCUT2D eigenvalue weighted by Crippen LogP contribution is -2.31. The predicted octanol–water partition coefficient (Wildman–Crippen LogP) is 3.30. The molecule has 3 rings (SSSR count). The van der Waals surface area contributed by atoms with Crippen LogP contribution in [0.25, 0.3) is 16.9 Å². The lowest BCUT2D eigenvalue weighted by Gasteiger charge is -2.22. The zero-order chi connectivity index (χ0) is 20.1. The third-order valence-electron chi connectivity index (χ3n) is 4.97. The van der Waals surface area contributed by atoms with Crippen LogP contribution in [0.1, 0.15) is 16.8 Å². The van der Waals surface area contributed by atoms with Gasteiger partial charge in [0.2, 0.25) is 0 Å². The number of nitrogen functional groups attached to an aromatic ring is 1. The highest BCUT2D eigenvalue weighted by molar-refractivity contribution is 5.70. The summed E-state index contributed by atoms with van der Waals surface area (Å²) in [6, 6.07) is 10.4. The standard InChI is InChI=1S/C22H30N4O2/c1-16-5-7-19(17(2)13-16)22-20(15-25(9-11-27-3)10-12-28-4)26-14-18(23)6-8-21(26)24-22/h5-8,13-14H,9-12,15,23H2,1-4H3. The number of ether oxygens (including phenoxy) is 2. The van der Waals surface area contributed by atoms with Gasteiger partial charge in [-0.1, -0.05) is 23.8 Å². The molecule has 0 spiro atoms. The van der Waals surface area contributed by atoms with Gasteiger partial charge in [-0.05, 0) is 31.5 Å². The van der Waals surface area contributed by atoms with Crippen molar-refractivity contribution < 1.29 is 9.47 Å². The highest BCUT2D eigenvalue weighted by Gasteiger charge is 2.18. The van der Waals surface area contributed by atoms with Gasteiger partial charge in [0, 0.05) is 51.3 Å². The van der Waals surface area contributed by atoms with Crippen LogP contribution in [-0.2, 0) is 16.0 Å². The Balaban J connectivity index is 2.08. The smallest absolute Gasteiger partial charge is 0.137 e. The molecule has 2 aromatic heterocycles. The quantitative estimate of drug-likeness (QED) is 0.615. The Kier molecular flexibility index (Phi) is 6.67. The van der Waals surface area contributed by atoms with Crippen LogP contribution < -0.4 is 5.73 Å². The Bertz CT molecular complexity index is 928. The molecule has 0 atom stereocenters. The predicted molar refractivity (Wildman–Crippen MR) is 114 cm³/mol. The van der Waals surface area contributed by atoms with Gasteiger partial charge < -0.3 is 19.6 Å². The minimum atomic E-state index is 0.668. The van der Waals surface area contributed by atoms with Gasteiger partial charge in [0.15, 0.2) is 0 Å². The number of methoxy groups -OCH3 is 2. The van der Waals surface area contributed by atoms with Crippen molar-refractivity contribution in [2.24, 2.45) is 0 Å². The maximum absolute atomic E-state index is 6.08. The molecule has 0 unspecified atom stereocenters. The summed E-state index contributed by atoms with van der Waals surface area (Å²) in [7, 11) is 3.45. The summed E-state index contributed by atoms with van der Waals surface area (Å²) in [5, 5.41) is 0. The van der Waals surface area contributed by atoms with Crippen molar-refractivity contribution in [3.05, 3.63) is 53.3 Å². The molecule has 0 radical (unpaired) electrons. The summed E-state index contributed by atoms with van der Waals surface area (Å²) < 4.78 is 12.7. The maximum atomic E-state index is 6.08. The molecule has 0 saturated heterocycles. The number of hydrogen-bond acceptors (Lipinski definition) is 5. The van der Waals surface area contributed by atoms with E-state index in [1.54, 1.807) is 14.2 Å². The topological polar surface area (TPSA) is 65.0 Å². The Morgan fingerprint density at radius 2 is 1.75 bits per heavy atom. The van der Waals surface area contributed by atoms with E-state index >= 15 is 0 Å². The monoisotopic (exact) mass is 382 g/mol. The number of nitrogens with zero attached hydrogens (tertiary/aromatic N) is 3. The molecule has 1 aromatic carbocycles. The minimum Gasteiger partial charge on any atom is -0.398 e.